The summed E-state index contributed by atoms with van der Waals surface area (Å²) in [6.07, 6.45) is 1.90. The molecule has 1 amide bonds. The molecule has 108 valence electrons. The minimum atomic E-state index is 0.0600. The van der Waals surface area contributed by atoms with Crippen LogP contribution < -0.4 is 4.74 Å². The van der Waals surface area contributed by atoms with Gasteiger partial charge in [0, 0.05) is 32.7 Å². The number of aryl methyl sites for hydroxylation is 1. The van der Waals surface area contributed by atoms with E-state index in [0.717, 1.165) is 44.0 Å². The maximum Gasteiger partial charge on any atom is 0.260 e. The van der Waals surface area contributed by atoms with Gasteiger partial charge in [0.25, 0.3) is 5.91 Å². The van der Waals surface area contributed by atoms with E-state index in [0.29, 0.717) is 0 Å². The van der Waals surface area contributed by atoms with Crippen molar-refractivity contribution in [2.24, 2.45) is 0 Å². The number of carbonyl (C=O) groups excluding carboxylic acids is 1. The minimum absolute atomic E-state index is 0.0600. The van der Waals surface area contributed by atoms with Gasteiger partial charge in [0.2, 0.25) is 0 Å². The van der Waals surface area contributed by atoms with Crippen LogP contribution in [0.5, 0.6) is 5.75 Å². The number of hydrogen-bond donors (Lipinski definition) is 0. The van der Waals surface area contributed by atoms with Gasteiger partial charge in [0.1, 0.15) is 5.75 Å². The number of ether oxygens (including phenoxy) is 1. The molecule has 1 heterocycles. The van der Waals surface area contributed by atoms with E-state index < -0.39 is 0 Å². The van der Waals surface area contributed by atoms with E-state index in [1.54, 1.807) is 0 Å². The number of nitrogens with zero attached hydrogens (tertiary/aromatic N) is 2. The Bertz CT molecular complexity index is 465. The molecule has 0 aliphatic carbocycles. The molecule has 0 N–H and O–H groups in total. The summed E-state index contributed by atoms with van der Waals surface area (Å²) in [4.78, 5) is 16.2. The lowest BCUT2D eigenvalue weighted by Gasteiger charge is -2.34. The molecule has 1 saturated heterocycles. The van der Waals surface area contributed by atoms with E-state index >= 15 is 0 Å². The molecule has 1 aliphatic rings. The molecule has 0 bridgehead atoms. The second kappa shape index (κ2) is 7.10. The summed E-state index contributed by atoms with van der Waals surface area (Å²) < 4.78 is 5.56. The summed E-state index contributed by atoms with van der Waals surface area (Å²) >= 11 is 0. The zero-order valence-electron chi connectivity index (χ0n) is 12.0. The lowest BCUT2D eigenvalue weighted by Crippen LogP contribution is -2.49. The normalized spacial score (nSPS) is 15.9. The predicted molar refractivity (Wildman–Crippen MR) is 79.9 cm³/mol. The van der Waals surface area contributed by atoms with Crippen LogP contribution in [-0.4, -0.2) is 55.0 Å². The molecule has 0 spiro atoms. The van der Waals surface area contributed by atoms with Gasteiger partial charge < -0.3 is 9.64 Å². The number of rotatable bonds is 5. The Morgan fingerprint density at radius 2 is 2.10 bits per heavy atom. The molecule has 1 aliphatic heterocycles. The van der Waals surface area contributed by atoms with Crippen LogP contribution in [0.3, 0.4) is 0 Å². The summed E-state index contributed by atoms with van der Waals surface area (Å²) in [5.41, 5.74) is 1.13. The molecule has 4 heteroatoms. The van der Waals surface area contributed by atoms with Crippen LogP contribution in [0, 0.1) is 6.92 Å². The number of carbonyl (C=O) groups is 1. The van der Waals surface area contributed by atoms with Crippen LogP contribution in [0.2, 0.25) is 0 Å². The molecule has 1 aromatic rings. The zero-order valence-corrected chi connectivity index (χ0v) is 12.0. The van der Waals surface area contributed by atoms with Gasteiger partial charge in [-0.3, -0.25) is 9.69 Å². The summed E-state index contributed by atoms with van der Waals surface area (Å²) in [7, 11) is 0. The van der Waals surface area contributed by atoms with Crippen molar-refractivity contribution >= 4 is 5.91 Å². The summed E-state index contributed by atoms with van der Waals surface area (Å²) in [6.45, 7) is 10.1. The van der Waals surface area contributed by atoms with E-state index in [1.807, 2.05) is 42.2 Å². The van der Waals surface area contributed by atoms with Gasteiger partial charge in [-0.15, -0.1) is 6.58 Å². The van der Waals surface area contributed by atoms with E-state index in [2.05, 4.69) is 11.5 Å². The zero-order chi connectivity index (χ0) is 14.4. The minimum Gasteiger partial charge on any atom is -0.484 e. The second-order valence-corrected chi connectivity index (χ2v) is 5.08. The molecule has 0 aromatic heterocycles. The van der Waals surface area contributed by atoms with Crippen molar-refractivity contribution in [3.8, 4) is 5.75 Å². The van der Waals surface area contributed by atoms with Crippen molar-refractivity contribution in [2.45, 2.75) is 6.92 Å². The summed E-state index contributed by atoms with van der Waals surface area (Å²) in [5.74, 6) is 0.813. The van der Waals surface area contributed by atoms with Gasteiger partial charge in [0.15, 0.2) is 6.61 Å². The first-order valence-electron chi connectivity index (χ1n) is 6.99. The monoisotopic (exact) mass is 274 g/mol. The summed E-state index contributed by atoms with van der Waals surface area (Å²) in [5, 5.41) is 0. The van der Waals surface area contributed by atoms with Gasteiger partial charge in [-0.1, -0.05) is 18.2 Å². The first kappa shape index (κ1) is 14.6. The standard InChI is InChI=1S/C16H22N2O2/c1-3-7-17-8-10-18(11-9-17)16(19)13-20-15-6-4-5-14(2)12-15/h3-6,12H,1,7-11,13H2,2H3. The second-order valence-electron chi connectivity index (χ2n) is 5.08. The Morgan fingerprint density at radius 1 is 1.35 bits per heavy atom. The van der Waals surface area contributed by atoms with Gasteiger partial charge in [0.05, 0.1) is 0 Å². The van der Waals surface area contributed by atoms with Crippen molar-refractivity contribution in [3.05, 3.63) is 42.5 Å². The quantitative estimate of drug-likeness (QED) is 0.766. The SMILES string of the molecule is C=CCN1CCN(C(=O)COc2cccc(C)c2)CC1. The van der Waals surface area contributed by atoms with E-state index in [1.165, 1.54) is 0 Å². The highest BCUT2D eigenvalue weighted by Gasteiger charge is 2.20. The topological polar surface area (TPSA) is 32.8 Å². The molecule has 0 saturated carbocycles. The van der Waals surface area contributed by atoms with Crippen LogP contribution in [0.4, 0.5) is 0 Å². The highest BCUT2D eigenvalue weighted by Crippen LogP contribution is 2.12. The van der Waals surface area contributed by atoms with Gasteiger partial charge in [-0.05, 0) is 24.6 Å². The largest absolute Gasteiger partial charge is 0.484 e. The molecule has 0 unspecified atom stereocenters. The Balaban J connectivity index is 1.77. The average molecular weight is 274 g/mol. The maximum atomic E-state index is 12.1. The van der Waals surface area contributed by atoms with Crippen molar-refractivity contribution < 1.29 is 9.53 Å². The van der Waals surface area contributed by atoms with Crippen LogP contribution in [0.25, 0.3) is 0 Å². The highest BCUT2D eigenvalue weighted by molar-refractivity contribution is 5.77. The molecular formula is C16H22N2O2. The van der Waals surface area contributed by atoms with E-state index in [-0.39, 0.29) is 12.5 Å². The third-order valence-electron chi connectivity index (χ3n) is 3.46. The van der Waals surface area contributed by atoms with Crippen LogP contribution in [0.15, 0.2) is 36.9 Å². The van der Waals surface area contributed by atoms with Crippen LogP contribution in [-0.2, 0) is 4.79 Å². The maximum absolute atomic E-state index is 12.1. The molecule has 2 rings (SSSR count). The van der Waals surface area contributed by atoms with Gasteiger partial charge in [-0.2, -0.15) is 0 Å². The first-order valence-corrected chi connectivity index (χ1v) is 6.99. The molecule has 0 atom stereocenters. The summed E-state index contributed by atoms with van der Waals surface area (Å²) in [6, 6.07) is 7.76. The fourth-order valence-electron chi connectivity index (χ4n) is 2.30. The van der Waals surface area contributed by atoms with E-state index in [4.69, 9.17) is 4.74 Å². The van der Waals surface area contributed by atoms with Gasteiger partial charge in [-0.25, -0.2) is 0 Å². The first-order chi connectivity index (χ1) is 9.69. The molecule has 1 aromatic carbocycles. The Labute approximate surface area is 120 Å². The Morgan fingerprint density at radius 3 is 2.75 bits per heavy atom. The van der Waals surface area contributed by atoms with E-state index in [9.17, 15) is 4.79 Å². The molecule has 20 heavy (non-hydrogen) atoms. The third kappa shape index (κ3) is 4.10. The number of amides is 1. The fourth-order valence-corrected chi connectivity index (χ4v) is 2.30. The van der Waals surface area contributed by atoms with Crippen LogP contribution >= 0.6 is 0 Å². The van der Waals surface area contributed by atoms with Gasteiger partial charge >= 0.3 is 0 Å². The molecule has 0 radical (unpaired) electrons. The van der Waals surface area contributed by atoms with Crippen molar-refractivity contribution in [2.75, 3.05) is 39.3 Å². The predicted octanol–water partition coefficient (Wildman–Crippen LogP) is 1.70. The number of benzene rings is 1. The lowest BCUT2D eigenvalue weighted by molar-refractivity contribution is -0.135. The molecule has 1 fully saturated rings. The molecule has 4 nitrogen and oxygen atoms in total. The lowest BCUT2D eigenvalue weighted by atomic mass is 10.2. The molecular weight excluding hydrogens is 252 g/mol. The van der Waals surface area contributed by atoms with Crippen molar-refractivity contribution in [3.63, 3.8) is 0 Å². The number of piperazine rings is 1. The highest BCUT2D eigenvalue weighted by atomic mass is 16.5. The Hall–Kier alpha value is -1.81. The number of hydrogen-bond acceptors (Lipinski definition) is 3. The smallest absolute Gasteiger partial charge is 0.260 e. The Kier molecular flexibility index (Phi) is 5.18. The van der Waals surface area contributed by atoms with Crippen molar-refractivity contribution in [1.29, 1.82) is 0 Å². The fraction of sp³-hybridized carbons (Fsp3) is 0.438. The van der Waals surface area contributed by atoms with Crippen molar-refractivity contribution in [1.82, 2.24) is 9.80 Å². The average Bonchev–Trinajstić information content (AvgIpc) is 2.46. The van der Waals surface area contributed by atoms with Crippen LogP contribution in [0.1, 0.15) is 5.56 Å². The third-order valence-corrected chi connectivity index (χ3v) is 3.46.